The van der Waals surface area contributed by atoms with Crippen LogP contribution in [0.4, 0.5) is 0 Å². The van der Waals surface area contributed by atoms with Gasteiger partial charge in [-0.3, -0.25) is 0 Å². The zero-order valence-electron chi connectivity index (χ0n) is 11.2. The Hall–Kier alpha value is -1.91. The van der Waals surface area contributed by atoms with Gasteiger partial charge in [0, 0.05) is 16.8 Å². The van der Waals surface area contributed by atoms with Gasteiger partial charge in [-0.15, -0.1) is 0 Å². The van der Waals surface area contributed by atoms with E-state index in [2.05, 4.69) is 35.1 Å². The van der Waals surface area contributed by atoms with E-state index in [-0.39, 0.29) is 0 Å². The summed E-state index contributed by atoms with van der Waals surface area (Å²) in [6.07, 6.45) is 1.62. The van der Waals surface area contributed by atoms with Crippen LogP contribution in [0, 0.1) is 6.92 Å². The smallest absolute Gasteiger partial charge is 0.117 e. The maximum atomic E-state index is 5.84. The Kier molecular flexibility index (Phi) is 3.67. The van der Waals surface area contributed by atoms with Crippen molar-refractivity contribution in [1.82, 2.24) is 9.97 Å². The normalized spacial score (nSPS) is 10.9. The number of nitrogens with two attached hydrogens (primary N) is 1. The molecule has 0 amide bonds. The SMILES string of the molecule is Cc1cccc(CN)c1Sc1ncnc2ccccc12. The quantitative estimate of drug-likeness (QED) is 0.746. The number of fused-ring (bicyclic) bond motifs is 1. The first-order valence-electron chi connectivity index (χ1n) is 6.46. The van der Waals surface area contributed by atoms with E-state index < -0.39 is 0 Å². The van der Waals surface area contributed by atoms with Gasteiger partial charge >= 0.3 is 0 Å². The largest absolute Gasteiger partial charge is 0.326 e. The molecule has 0 radical (unpaired) electrons. The van der Waals surface area contributed by atoms with E-state index in [1.807, 2.05) is 24.3 Å². The van der Waals surface area contributed by atoms with Crippen LogP contribution in [0.3, 0.4) is 0 Å². The fourth-order valence-electron chi connectivity index (χ4n) is 2.18. The second kappa shape index (κ2) is 5.61. The van der Waals surface area contributed by atoms with Crippen LogP contribution < -0.4 is 5.73 Å². The minimum Gasteiger partial charge on any atom is -0.326 e. The standard InChI is InChI=1S/C16H15N3S/c1-11-5-4-6-12(9-17)15(11)20-16-13-7-2-3-8-14(13)18-10-19-16/h2-8,10H,9,17H2,1H3. The van der Waals surface area contributed by atoms with Crippen LogP contribution in [0.25, 0.3) is 10.9 Å². The number of aromatic nitrogens is 2. The highest BCUT2D eigenvalue weighted by Gasteiger charge is 2.10. The molecule has 20 heavy (non-hydrogen) atoms. The Morgan fingerprint density at radius 3 is 2.75 bits per heavy atom. The molecular formula is C16H15N3S. The maximum absolute atomic E-state index is 5.84. The molecule has 100 valence electrons. The molecule has 3 nitrogen and oxygen atoms in total. The summed E-state index contributed by atoms with van der Waals surface area (Å²) >= 11 is 1.66. The van der Waals surface area contributed by atoms with Crippen molar-refractivity contribution in [1.29, 1.82) is 0 Å². The number of benzene rings is 2. The lowest BCUT2D eigenvalue weighted by Gasteiger charge is -2.11. The van der Waals surface area contributed by atoms with Crippen molar-refractivity contribution in [3.05, 3.63) is 59.9 Å². The molecule has 4 heteroatoms. The van der Waals surface area contributed by atoms with Gasteiger partial charge in [0.25, 0.3) is 0 Å². The summed E-state index contributed by atoms with van der Waals surface area (Å²) in [5.74, 6) is 0. The Morgan fingerprint density at radius 1 is 1.05 bits per heavy atom. The van der Waals surface area contributed by atoms with Gasteiger partial charge in [0.05, 0.1) is 5.52 Å². The molecule has 0 saturated carbocycles. The first kappa shape index (κ1) is 13.1. The first-order chi connectivity index (χ1) is 9.79. The van der Waals surface area contributed by atoms with Crippen LogP contribution in [-0.2, 0) is 6.54 Å². The highest BCUT2D eigenvalue weighted by Crippen LogP contribution is 2.35. The second-order valence-corrected chi connectivity index (χ2v) is 5.56. The van der Waals surface area contributed by atoms with Crippen molar-refractivity contribution in [3.63, 3.8) is 0 Å². The number of hydrogen-bond acceptors (Lipinski definition) is 4. The van der Waals surface area contributed by atoms with Crippen molar-refractivity contribution < 1.29 is 0 Å². The number of aryl methyl sites for hydroxylation is 1. The van der Waals surface area contributed by atoms with Crippen molar-refractivity contribution >= 4 is 22.7 Å². The third-order valence-electron chi connectivity index (χ3n) is 3.22. The van der Waals surface area contributed by atoms with E-state index in [1.54, 1.807) is 18.1 Å². The monoisotopic (exact) mass is 281 g/mol. The molecule has 2 aromatic carbocycles. The van der Waals surface area contributed by atoms with Crippen LogP contribution in [-0.4, -0.2) is 9.97 Å². The molecule has 0 aliphatic heterocycles. The maximum Gasteiger partial charge on any atom is 0.117 e. The van der Waals surface area contributed by atoms with E-state index >= 15 is 0 Å². The van der Waals surface area contributed by atoms with Gasteiger partial charge in [0.2, 0.25) is 0 Å². The Labute approximate surface area is 122 Å². The molecule has 0 atom stereocenters. The molecule has 0 aliphatic carbocycles. The molecule has 3 rings (SSSR count). The molecule has 0 aliphatic rings. The molecule has 0 fully saturated rings. The van der Waals surface area contributed by atoms with Crippen molar-refractivity contribution in [2.24, 2.45) is 5.73 Å². The molecule has 0 unspecified atom stereocenters. The number of hydrogen-bond donors (Lipinski definition) is 1. The van der Waals surface area contributed by atoms with E-state index in [4.69, 9.17) is 5.73 Å². The topological polar surface area (TPSA) is 51.8 Å². The summed E-state index contributed by atoms with van der Waals surface area (Å²) in [6, 6.07) is 14.3. The van der Waals surface area contributed by atoms with Crippen LogP contribution in [0.2, 0.25) is 0 Å². The molecular weight excluding hydrogens is 266 g/mol. The number of nitrogens with zero attached hydrogens (tertiary/aromatic N) is 2. The van der Waals surface area contributed by atoms with Crippen molar-refractivity contribution in [3.8, 4) is 0 Å². The summed E-state index contributed by atoms with van der Waals surface area (Å²) in [5, 5.41) is 2.05. The van der Waals surface area contributed by atoms with Gasteiger partial charge in [0.15, 0.2) is 0 Å². The molecule has 1 aromatic heterocycles. The zero-order valence-corrected chi connectivity index (χ0v) is 12.0. The van der Waals surface area contributed by atoms with Gasteiger partial charge < -0.3 is 5.73 Å². The highest BCUT2D eigenvalue weighted by atomic mass is 32.2. The summed E-state index contributed by atoms with van der Waals surface area (Å²) in [5.41, 5.74) is 9.18. The molecule has 0 spiro atoms. The lowest BCUT2D eigenvalue weighted by atomic mass is 10.1. The van der Waals surface area contributed by atoms with Gasteiger partial charge in [-0.05, 0) is 24.1 Å². The van der Waals surface area contributed by atoms with E-state index in [9.17, 15) is 0 Å². The van der Waals surface area contributed by atoms with Gasteiger partial charge in [0.1, 0.15) is 11.4 Å². The Balaban J connectivity index is 2.10. The summed E-state index contributed by atoms with van der Waals surface area (Å²) in [7, 11) is 0. The predicted octanol–water partition coefficient (Wildman–Crippen LogP) is 3.55. The number of rotatable bonds is 3. The number of para-hydroxylation sites is 1. The predicted molar refractivity (Wildman–Crippen MR) is 82.7 cm³/mol. The van der Waals surface area contributed by atoms with Crippen molar-refractivity contribution in [2.45, 2.75) is 23.4 Å². The van der Waals surface area contributed by atoms with Crippen LogP contribution in [0.1, 0.15) is 11.1 Å². The van der Waals surface area contributed by atoms with E-state index in [0.717, 1.165) is 21.5 Å². The minimum absolute atomic E-state index is 0.535. The lowest BCUT2D eigenvalue weighted by Crippen LogP contribution is -2.00. The van der Waals surface area contributed by atoms with Crippen LogP contribution in [0.5, 0.6) is 0 Å². The summed E-state index contributed by atoms with van der Waals surface area (Å²) < 4.78 is 0. The summed E-state index contributed by atoms with van der Waals surface area (Å²) in [4.78, 5) is 9.92. The lowest BCUT2D eigenvalue weighted by molar-refractivity contribution is 1.01. The second-order valence-electron chi connectivity index (χ2n) is 4.57. The molecule has 0 bridgehead atoms. The average Bonchev–Trinajstić information content (AvgIpc) is 2.49. The first-order valence-corrected chi connectivity index (χ1v) is 7.27. The third-order valence-corrected chi connectivity index (χ3v) is 4.53. The fraction of sp³-hybridized carbons (Fsp3) is 0.125. The molecule has 1 heterocycles. The molecule has 2 N–H and O–H groups in total. The Morgan fingerprint density at radius 2 is 1.90 bits per heavy atom. The third kappa shape index (κ3) is 2.40. The minimum atomic E-state index is 0.535. The average molecular weight is 281 g/mol. The van der Waals surface area contributed by atoms with Gasteiger partial charge in [-0.1, -0.05) is 48.2 Å². The van der Waals surface area contributed by atoms with Crippen LogP contribution in [0.15, 0.2) is 58.7 Å². The Bertz CT molecular complexity index is 750. The highest BCUT2D eigenvalue weighted by molar-refractivity contribution is 7.99. The zero-order chi connectivity index (χ0) is 13.9. The summed E-state index contributed by atoms with van der Waals surface area (Å²) in [6.45, 7) is 2.64. The van der Waals surface area contributed by atoms with Gasteiger partial charge in [-0.2, -0.15) is 0 Å². The fourth-order valence-corrected chi connectivity index (χ4v) is 3.27. The van der Waals surface area contributed by atoms with Crippen LogP contribution >= 0.6 is 11.8 Å². The molecule has 0 saturated heterocycles. The van der Waals surface area contributed by atoms with E-state index in [0.29, 0.717) is 6.54 Å². The van der Waals surface area contributed by atoms with E-state index in [1.165, 1.54) is 10.5 Å². The van der Waals surface area contributed by atoms with Crippen molar-refractivity contribution in [2.75, 3.05) is 0 Å². The molecule has 3 aromatic rings. The van der Waals surface area contributed by atoms with Gasteiger partial charge in [-0.25, -0.2) is 9.97 Å².